The van der Waals surface area contributed by atoms with Gasteiger partial charge < -0.3 is 19.7 Å². The minimum atomic E-state index is -1.91. The standard InChI is InChI=1S/C11H15N5O5/c1-6-3-4-16(10(19)13-6)9-7(20-2)8(18)11(5-17,21-9)14-15-12/h3-4,7-9,17-18H,5H2,1-2H3/t7-,8+,9-,11-/m1/s1. The summed E-state index contributed by atoms with van der Waals surface area (Å²) in [5, 5.41) is 22.9. The number of nitrogens with zero attached hydrogens (tertiary/aromatic N) is 5. The molecule has 1 aromatic rings. The van der Waals surface area contributed by atoms with E-state index in [2.05, 4.69) is 15.0 Å². The average molecular weight is 297 g/mol. The number of hydrogen-bond acceptors (Lipinski definition) is 7. The zero-order valence-corrected chi connectivity index (χ0v) is 11.4. The summed E-state index contributed by atoms with van der Waals surface area (Å²) in [5.41, 5.74) is 6.58. The fraction of sp³-hybridized carbons (Fsp3) is 0.636. The highest BCUT2D eigenvalue weighted by molar-refractivity contribution is 5.03. The molecule has 0 radical (unpaired) electrons. The molecule has 2 rings (SSSR count). The van der Waals surface area contributed by atoms with Crippen LogP contribution in [0.25, 0.3) is 10.4 Å². The van der Waals surface area contributed by atoms with E-state index >= 15 is 0 Å². The van der Waals surface area contributed by atoms with Crippen LogP contribution in [-0.2, 0) is 9.47 Å². The van der Waals surface area contributed by atoms with Gasteiger partial charge in [0.1, 0.15) is 12.2 Å². The summed E-state index contributed by atoms with van der Waals surface area (Å²) in [7, 11) is 1.31. The van der Waals surface area contributed by atoms with Crippen LogP contribution in [-0.4, -0.2) is 51.4 Å². The van der Waals surface area contributed by atoms with Gasteiger partial charge in [0.25, 0.3) is 0 Å². The lowest BCUT2D eigenvalue weighted by Gasteiger charge is -2.23. The molecule has 0 saturated carbocycles. The van der Waals surface area contributed by atoms with Gasteiger partial charge in [0.05, 0.1) is 6.61 Å². The van der Waals surface area contributed by atoms with Gasteiger partial charge >= 0.3 is 5.69 Å². The van der Waals surface area contributed by atoms with E-state index in [1.54, 1.807) is 13.0 Å². The average Bonchev–Trinajstić information content (AvgIpc) is 2.72. The van der Waals surface area contributed by atoms with Crippen LogP contribution in [0.2, 0.25) is 0 Å². The zero-order valence-electron chi connectivity index (χ0n) is 11.4. The van der Waals surface area contributed by atoms with Crippen molar-refractivity contribution < 1.29 is 19.7 Å². The smallest absolute Gasteiger partial charge is 0.349 e. The van der Waals surface area contributed by atoms with Crippen molar-refractivity contribution in [2.75, 3.05) is 13.7 Å². The van der Waals surface area contributed by atoms with Gasteiger partial charge in [-0.1, -0.05) is 5.11 Å². The summed E-state index contributed by atoms with van der Waals surface area (Å²) in [6.45, 7) is 0.893. The maximum Gasteiger partial charge on any atom is 0.349 e. The molecular weight excluding hydrogens is 282 g/mol. The molecule has 1 saturated heterocycles. The first kappa shape index (κ1) is 15.4. The number of ether oxygens (including phenoxy) is 2. The molecule has 21 heavy (non-hydrogen) atoms. The van der Waals surface area contributed by atoms with Gasteiger partial charge in [0.15, 0.2) is 6.23 Å². The highest BCUT2D eigenvalue weighted by Gasteiger charge is 2.55. The van der Waals surface area contributed by atoms with Crippen molar-refractivity contribution in [3.8, 4) is 0 Å². The van der Waals surface area contributed by atoms with Crippen molar-refractivity contribution in [3.05, 3.63) is 38.9 Å². The fourth-order valence-corrected chi connectivity index (χ4v) is 2.23. The first-order valence-corrected chi connectivity index (χ1v) is 6.10. The Labute approximate surface area is 119 Å². The number of hydrogen-bond donors (Lipinski definition) is 2. The zero-order chi connectivity index (χ0) is 15.6. The van der Waals surface area contributed by atoms with Gasteiger partial charge in [0.2, 0.25) is 5.72 Å². The van der Waals surface area contributed by atoms with E-state index < -0.39 is 36.5 Å². The molecule has 10 heteroatoms. The van der Waals surface area contributed by atoms with Crippen molar-refractivity contribution in [2.45, 2.75) is 31.1 Å². The Morgan fingerprint density at radius 1 is 1.71 bits per heavy atom. The van der Waals surface area contributed by atoms with Crippen molar-refractivity contribution in [1.29, 1.82) is 0 Å². The number of aliphatic hydroxyl groups is 2. The summed E-state index contributed by atoms with van der Waals surface area (Å²) in [6, 6.07) is 1.58. The molecule has 0 unspecified atom stereocenters. The molecule has 2 N–H and O–H groups in total. The molecule has 0 amide bonds. The van der Waals surface area contributed by atoms with Crippen molar-refractivity contribution >= 4 is 0 Å². The van der Waals surface area contributed by atoms with Gasteiger partial charge in [-0.25, -0.2) is 4.79 Å². The molecule has 2 heterocycles. The quantitative estimate of drug-likeness (QED) is 0.434. The molecule has 114 valence electrons. The normalized spacial score (nSPS) is 31.9. The maximum atomic E-state index is 11.9. The third-order valence-corrected chi connectivity index (χ3v) is 3.34. The molecule has 1 aliphatic rings. The Balaban J connectivity index is 2.49. The number of aliphatic hydroxyl groups excluding tert-OH is 2. The Morgan fingerprint density at radius 2 is 2.43 bits per heavy atom. The number of aromatic nitrogens is 2. The molecule has 1 aliphatic heterocycles. The van der Waals surface area contributed by atoms with Crippen molar-refractivity contribution in [1.82, 2.24) is 9.55 Å². The molecule has 10 nitrogen and oxygen atoms in total. The van der Waals surface area contributed by atoms with Crippen LogP contribution >= 0.6 is 0 Å². The van der Waals surface area contributed by atoms with Crippen molar-refractivity contribution in [2.24, 2.45) is 5.11 Å². The highest BCUT2D eigenvalue weighted by atomic mass is 16.6. The molecule has 0 aliphatic carbocycles. The first-order chi connectivity index (χ1) is 9.99. The van der Waals surface area contributed by atoms with Gasteiger partial charge in [0, 0.05) is 23.9 Å². The SMILES string of the molecule is CO[C@H]1[C@H](n2ccc(C)nc2=O)O[C@@](CO)(N=[N+]=[N-])[C@H]1O. The maximum absolute atomic E-state index is 11.9. The summed E-state index contributed by atoms with van der Waals surface area (Å²) in [6.07, 6.45) is -2.10. The predicted molar refractivity (Wildman–Crippen MR) is 69.1 cm³/mol. The van der Waals surface area contributed by atoms with Crippen LogP contribution in [0.15, 0.2) is 22.2 Å². The van der Waals surface area contributed by atoms with E-state index in [-0.39, 0.29) is 0 Å². The summed E-state index contributed by atoms with van der Waals surface area (Å²) in [4.78, 5) is 18.2. The molecule has 1 aromatic heterocycles. The van der Waals surface area contributed by atoms with Gasteiger partial charge in [-0.15, -0.1) is 0 Å². The van der Waals surface area contributed by atoms with Gasteiger partial charge in [-0.2, -0.15) is 4.98 Å². The lowest BCUT2D eigenvalue weighted by molar-refractivity contribution is -0.125. The van der Waals surface area contributed by atoms with Crippen LogP contribution in [0.5, 0.6) is 0 Å². The Morgan fingerprint density at radius 3 is 2.95 bits per heavy atom. The van der Waals surface area contributed by atoms with E-state index in [1.165, 1.54) is 13.3 Å². The topological polar surface area (TPSA) is 143 Å². The highest BCUT2D eigenvalue weighted by Crippen LogP contribution is 2.39. The van der Waals surface area contributed by atoms with Crippen LogP contribution in [0, 0.1) is 6.92 Å². The second-order valence-electron chi connectivity index (χ2n) is 4.60. The number of rotatable bonds is 4. The van der Waals surface area contributed by atoms with E-state index in [0.29, 0.717) is 5.69 Å². The second-order valence-corrected chi connectivity index (χ2v) is 4.60. The second kappa shape index (κ2) is 5.80. The van der Waals surface area contributed by atoms with E-state index in [4.69, 9.17) is 15.0 Å². The largest absolute Gasteiger partial charge is 0.393 e. The monoisotopic (exact) mass is 297 g/mol. The minimum Gasteiger partial charge on any atom is -0.393 e. The van der Waals surface area contributed by atoms with E-state index in [1.807, 2.05) is 0 Å². The predicted octanol–water partition coefficient (Wildman–Crippen LogP) is -0.545. The summed E-state index contributed by atoms with van der Waals surface area (Å²) in [5.74, 6) is 0. The van der Waals surface area contributed by atoms with Crippen LogP contribution < -0.4 is 5.69 Å². The molecule has 0 aromatic carbocycles. The summed E-state index contributed by atoms with van der Waals surface area (Å²) < 4.78 is 11.7. The number of methoxy groups -OCH3 is 1. The number of azide groups is 1. The van der Waals surface area contributed by atoms with Crippen molar-refractivity contribution in [3.63, 3.8) is 0 Å². The molecule has 0 spiro atoms. The van der Waals surface area contributed by atoms with Crippen LogP contribution in [0.4, 0.5) is 0 Å². The molecule has 4 atom stereocenters. The fourth-order valence-electron chi connectivity index (χ4n) is 2.23. The molecule has 0 bridgehead atoms. The van der Waals surface area contributed by atoms with E-state index in [9.17, 15) is 15.0 Å². The third kappa shape index (κ3) is 2.50. The Bertz CT molecular complexity index is 628. The Hall–Kier alpha value is -1.97. The Kier molecular flexibility index (Phi) is 4.26. The first-order valence-electron chi connectivity index (χ1n) is 6.10. The van der Waals surface area contributed by atoms with Crippen LogP contribution in [0.3, 0.4) is 0 Å². The minimum absolute atomic E-state index is 0.521. The lowest BCUT2D eigenvalue weighted by Crippen LogP contribution is -2.44. The summed E-state index contributed by atoms with van der Waals surface area (Å²) >= 11 is 0. The van der Waals surface area contributed by atoms with E-state index in [0.717, 1.165) is 4.57 Å². The van der Waals surface area contributed by atoms with Gasteiger partial charge in [-0.05, 0) is 18.5 Å². The third-order valence-electron chi connectivity index (χ3n) is 3.34. The molecular formula is C11H15N5O5. The number of aryl methyl sites for hydroxylation is 1. The van der Waals surface area contributed by atoms with Gasteiger partial charge in [-0.3, -0.25) is 4.57 Å². The molecule has 1 fully saturated rings. The van der Waals surface area contributed by atoms with Crippen LogP contribution in [0.1, 0.15) is 11.9 Å². The lowest BCUT2D eigenvalue weighted by atomic mass is 10.1.